The van der Waals surface area contributed by atoms with Gasteiger partial charge in [-0.15, -0.1) is 11.3 Å². The van der Waals surface area contributed by atoms with Gasteiger partial charge < -0.3 is 5.73 Å². The Bertz CT molecular complexity index is 373. The third-order valence-corrected chi connectivity index (χ3v) is 3.39. The highest BCUT2D eigenvalue weighted by Gasteiger charge is 2.37. The van der Waals surface area contributed by atoms with E-state index >= 15 is 0 Å². The predicted molar refractivity (Wildman–Crippen MR) is 60.9 cm³/mol. The molecule has 1 aliphatic carbocycles. The van der Waals surface area contributed by atoms with Gasteiger partial charge in [-0.25, -0.2) is 4.98 Å². The summed E-state index contributed by atoms with van der Waals surface area (Å²) in [5.74, 6) is 0. The second-order valence-electron chi connectivity index (χ2n) is 4.24. The zero-order valence-electron chi connectivity index (χ0n) is 9.20. The first-order valence-corrected chi connectivity index (χ1v) is 6.33. The maximum atomic E-state index is 12.3. The Morgan fingerprint density at radius 3 is 2.65 bits per heavy atom. The molecule has 2 N–H and O–H groups in total. The van der Waals surface area contributed by atoms with Crippen LogP contribution in [0.1, 0.15) is 18.5 Å². The van der Waals surface area contributed by atoms with E-state index in [9.17, 15) is 13.2 Å². The molecule has 0 amide bonds. The number of aromatic nitrogens is 1. The topological polar surface area (TPSA) is 42.1 Å². The van der Waals surface area contributed by atoms with Crippen LogP contribution < -0.4 is 5.73 Å². The van der Waals surface area contributed by atoms with Crippen LogP contribution >= 0.6 is 11.3 Å². The van der Waals surface area contributed by atoms with Crippen molar-refractivity contribution in [2.75, 3.05) is 18.8 Å². The van der Waals surface area contributed by atoms with Crippen molar-refractivity contribution in [2.45, 2.75) is 31.5 Å². The minimum absolute atomic E-state index is 0.104. The number of alkyl halides is 3. The van der Waals surface area contributed by atoms with E-state index < -0.39 is 12.7 Å². The maximum absolute atomic E-state index is 12.3. The smallest absolute Gasteiger partial charge is 0.375 e. The van der Waals surface area contributed by atoms with Crippen molar-refractivity contribution in [1.29, 1.82) is 0 Å². The number of hydrogen-bond acceptors (Lipinski definition) is 4. The highest BCUT2D eigenvalue weighted by molar-refractivity contribution is 7.13. The minimum atomic E-state index is -4.12. The molecule has 0 bridgehead atoms. The van der Waals surface area contributed by atoms with E-state index in [1.807, 2.05) is 0 Å². The third kappa shape index (κ3) is 4.16. The SMILES string of the molecule is Nc1nc(CCN(CC(F)(F)F)C2CC2)cs1. The van der Waals surface area contributed by atoms with Gasteiger partial charge in [-0.2, -0.15) is 13.2 Å². The average Bonchev–Trinajstić information content (AvgIpc) is 2.96. The van der Waals surface area contributed by atoms with Gasteiger partial charge in [0.15, 0.2) is 5.13 Å². The molecule has 1 saturated carbocycles. The molecule has 3 nitrogen and oxygen atoms in total. The number of nitrogens with zero attached hydrogens (tertiary/aromatic N) is 2. The number of rotatable bonds is 5. The van der Waals surface area contributed by atoms with Crippen molar-refractivity contribution in [1.82, 2.24) is 9.88 Å². The lowest BCUT2D eigenvalue weighted by atomic mass is 10.3. The molecule has 17 heavy (non-hydrogen) atoms. The molecule has 1 aromatic heterocycles. The summed E-state index contributed by atoms with van der Waals surface area (Å²) in [6.45, 7) is -0.426. The van der Waals surface area contributed by atoms with Crippen LogP contribution in [0.4, 0.5) is 18.3 Å². The van der Waals surface area contributed by atoms with Crippen molar-refractivity contribution >= 4 is 16.5 Å². The van der Waals surface area contributed by atoms with E-state index in [0.717, 1.165) is 18.5 Å². The monoisotopic (exact) mass is 265 g/mol. The number of halogens is 3. The first-order chi connectivity index (χ1) is 7.94. The molecule has 96 valence electrons. The molecule has 0 saturated heterocycles. The van der Waals surface area contributed by atoms with E-state index in [1.54, 1.807) is 5.38 Å². The molecular weight excluding hydrogens is 251 g/mol. The second kappa shape index (κ2) is 4.81. The Morgan fingerprint density at radius 2 is 2.18 bits per heavy atom. The Kier molecular flexibility index (Phi) is 3.58. The lowest BCUT2D eigenvalue weighted by Crippen LogP contribution is -2.37. The molecule has 2 rings (SSSR count). The first-order valence-electron chi connectivity index (χ1n) is 5.45. The quantitative estimate of drug-likeness (QED) is 0.888. The molecule has 0 aromatic carbocycles. The first kappa shape index (κ1) is 12.6. The fraction of sp³-hybridized carbons (Fsp3) is 0.700. The molecule has 1 fully saturated rings. The molecule has 0 radical (unpaired) electrons. The third-order valence-electron chi connectivity index (χ3n) is 2.67. The molecular formula is C10H14F3N3S. The fourth-order valence-electron chi connectivity index (χ4n) is 1.76. The summed E-state index contributed by atoms with van der Waals surface area (Å²) in [6.07, 6.45) is -1.85. The van der Waals surface area contributed by atoms with Gasteiger partial charge in [0.2, 0.25) is 0 Å². The molecule has 1 heterocycles. The van der Waals surface area contributed by atoms with Crippen molar-refractivity contribution in [3.63, 3.8) is 0 Å². The minimum Gasteiger partial charge on any atom is -0.375 e. The summed E-state index contributed by atoms with van der Waals surface area (Å²) in [5.41, 5.74) is 6.25. The summed E-state index contributed by atoms with van der Waals surface area (Å²) >= 11 is 1.32. The van der Waals surface area contributed by atoms with Gasteiger partial charge >= 0.3 is 6.18 Å². The summed E-state index contributed by atoms with van der Waals surface area (Å²) in [4.78, 5) is 5.54. The number of nitrogen functional groups attached to an aromatic ring is 1. The number of thiazole rings is 1. The van der Waals surface area contributed by atoms with Crippen LogP contribution in [0, 0.1) is 0 Å². The lowest BCUT2D eigenvalue weighted by molar-refractivity contribution is -0.147. The van der Waals surface area contributed by atoms with Crippen LogP contribution in [0.2, 0.25) is 0 Å². The fourth-order valence-corrected chi connectivity index (χ4v) is 2.35. The normalized spacial score (nSPS) is 16.7. The molecule has 0 aliphatic heterocycles. The zero-order chi connectivity index (χ0) is 12.5. The highest BCUT2D eigenvalue weighted by Crippen LogP contribution is 2.30. The van der Waals surface area contributed by atoms with E-state index in [-0.39, 0.29) is 6.04 Å². The van der Waals surface area contributed by atoms with Gasteiger partial charge in [0.05, 0.1) is 12.2 Å². The van der Waals surface area contributed by atoms with E-state index in [0.29, 0.717) is 18.1 Å². The van der Waals surface area contributed by atoms with Gasteiger partial charge in [0.25, 0.3) is 0 Å². The highest BCUT2D eigenvalue weighted by atomic mass is 32.1. The molecule has 0 unspecified atom stereocenters. The molecule has 0 spiro atoms. The van der Waals surface area contributed by atoms with Crippen molar-refractivity contribution < 1.29 is 13.2 Å². The van der Waals surface area contributed by atoms with Gasteiger partial charge in [-0.1, -0.05) is 0 Å². The van der Waals surface area contributed by atoms with Crippen molar-refractivity contribution in [2.24, 2.45) is 0 Å². The molecule has 1 aromatic rings. The Morgan fingerprint density at radius 1 is 1.47 bits per heavy atom. The Labute approximate surface area is 101 Å². The summed E-state index contributed by atoms with van der Waals surface area (Å²) in [6, 6.07) is 0.104. The van der Waals surface area contributed by atoms with E-state index in [4.69, 9.17) is 5.73 Å². The summed E-state index contributed by atoms with van der Waals surface area (Å²) < 4.78 is 37.0. The zero-order valence-corrected chi connectivity index (χ0v) is 10.0. The van der Waals surface area contributed by atoms with Crippen LogP contribution in [-0.4, -0.2) is 35.2 Å². The van der Waals surface area contributed by atoms with Gasteiger partial charge in [0, 0.05) is 24.4 Å². The number of nitrogens with two attached hydrogens (primary N) is 1. The Hall–Kier alpha value is -0.820. The second-order valence-corrected chi connectivity index (χ2v) is 5.13. The van der Waals surface area contributed by atoms with Crippen LogP contribution in [0.3, 0.4) is 0 Å². The molecule has 0 atom stereocenters. The molecule has 1 aliphatic rings. The lowest BCUT2D eigenvalue weighted by Gasteiger charge is -2.22. The standard InChI is InChI=1S/C10H14F3N3S/c11-10(12,13)6-16(8-1-2-8)4-3-7-5-17-9(14)15-7/h5,8H,1-4,6H2,(H2,14,15). The van der Waals surface area contributed by atoms with Crippen LogP contribution in [0.5, 0.6) is 0 Å². The predicted octanol–water partition coefficient (Wildman–Crippen LogP) is 2.29. The largest absolute Gasteiger partial charge is 0.401 e. The van der Waals surface area contributed by atoms with Crippen molar-refractivity contribution in [3.8, 4) is 0 Å². The van der Waals surface area contributed by atoms with Crippen LogP contribution in [-0.2, 0) is 6.42 Å². The van der Waals surface area contributed by atoms with Crippen LogP contribution in [0.25, 0.3) is 0 Å². The Balaban J connectivity index is 1.85. The summed E-state index contributed by atoms with van der Waals surface area (Å²) in [5, 5.41) is 2.27. The number of hydrogen-bond donors (Lipinski definition) is 1. The van der Waals surface area contributed by atoms with E-state index in [2.05, 4.69) is 4.98 Å². The summed E-state index contributed by atoms with van der Waals surface area (Å²) in [7, 11) is 0. The average molecular weight is 265 g/mol. The number of anilines is 1. The van der Waals surface area contributed by atoms with E-state index in [1.165, 1.54) is 16.2 Å². The van der Waals surface area contributed by atoms with Gasteiger partial charge in [0.1, 0.15) is 0 Å². The van der Waals surface area contributed by atoms with Crippen LogP contribution in [0.15, 0.2) is 5.38 Å². The molecule has 7 heteroatoms. The maximum Gasteiger partial charge on any atom is 0.401 e. The van der Waals surface area contributed by atoms with Crippen molar-refractivity contribution in [3.05, 3.63) is 11.1 Å². The van der Waals surface area contributed by atoms with Gasteiger partial charge in [-0.05, 0) is 12.8 Å². The van der Waals surface area contributed by atoms with Gasteiger partial charge in [-0.3, -0.25) is 4.90 Å².